The van der Waals surface area contributed by atoms with E-state index in [1.807, 2.05) is 5.32 Å². The third-order valence-electron chi connectivity index (χ3n) is 2.24. The van der Waals surface area contributed by atoms with Crippen molar-refractivity contribution in [2.75, 3.05) is 0 Å². The van der Waals surface area contributed by atoms with Crippen molar-refractivity contribution in [3.63, 3.8) is 0 Å². The maximum absolute atomic E-state index is 13.3. The Morgan fingerprint density at radius 3 is 2.26 bits per heavy atom. The second-order valence-electron chi connectivity index (χ2n) is 3.63. The summed E-state index contributed by atoms with van der Waals surface area (Å²) in [5.41, 5.74) is -1.03. The normalized spacial score (nSPS) is 11.7. The molecule has 2 N–H and O–H groups in total. The van der Waals surface area contributed by atoms with Crippen LogP contribution in [0.2, 0.25) is 0 Å². The maximum atomic E-state index is 13.3. The number of amides is 1. The van der Waals surface area contributed by atoms with E-state index in [4.69, 9.17) is 5.11 Å². The molecule has 4 nitrogen and oxygen atoms in total. The predicted octanol–water partition coefficient (Wildman–Crippen LogP) is 1.86. The summed E-state index contributed by atoms with van der Waals surface area (Å²) in [5.74, 6) is -6.64. The molecule has 0 bridgehead atoms. The Balaban J connectivity index is 3.01. The Morgan fingerprint density at radius 1 is 1.32 bits per heavy atom. The van der Waals surface area contributed by atoms with Crippen LogP contribution in [0.3, 0.4) is 0 Å². The molecule has 0 aromatic heterocycles. The van der Waals surface area contributed by atoms with Crippen LogP contribution in [0, 0.1) is 17.5 Å². The van der Waals surface area contributed by atoms with Crippen LogP contribution < -0.4 is 5.32 Å². The summed E-state index contributed by atoms with van der Waals surface area (Å²) >= 11 is 0. The SMILES string of the molecule is C=CC[C@H](NC(=O)c1c(F)cc(F)cc1F)C(=O)O. The molecule has 1 amide bonds. The van der Waals surface area contributed by atoms with Gasteiger partial charge in [-0.3, -0.25) is 4.79 Å². The lowest BCUT2D eigenvalue weighted by molar-refractivity contribution is -0.139. The molecule has 1 aromatic carbocycles. The largest absolute Gasteiger partial charge is 0.480 e. The molecule has 0 heterocycles. The minimum absolute atomic E-state index is 0.120. The molecule has 0 aliphatic heterocycles. The zero-order chi connectivity index (χ0) is 14.6. The van der Waals surface area contributed by atoms with E-state index < -0.39 is 40.9 Å². The highest BCUT2D eigenvalue weighted by Crippen LogP contribution is 2.15. The maximum Gasteiger partial charge on any atom is 0.326 e. The van der Waals surface area contributed by atoms with E-state index in [1.165, 1.54) is 6.08 Å². The van der Waals surface area contributed by atoms with E-state index in [0.29, 0.717) is 12.1 Å². The summed E-state index contributed by atoms with van der Waals surface area (Å²) in [6, 6.07) is -0.698. The van der Waals surface area contributed by atoms with Crippen LogP contribution in [0.15, 0.2) is 24.8 Å². The highest BCUT2D eigenvalue weighted by molar-refractivity contribution is 5.97. The Morgan fingerprint density at radius 2 is 1.84 bits per heavy atom. The number of aliphatic carboxylic acids is 1. The van der Waals surface area contributed by atoms with Crippen LogP contribution >= 0.6 is 0 Å². The molecule has 0 unspecified atom stereocenters. The number of carboxylic acid groups (broad SMARTS) is 1. The molecule has 0 fully saturated rings. The molecule has 102 valence electrons. The Bertz CT molecular complexity index is 508. The Hall–Kier alpha value is -2.31. The lowest BCUT2D eigenvalue weighted by Crippen LogP contribution is -2.41. The highest BCUT2D eigenvalue weighted by Gasteiger charge is 2.24. The fraction of sp³-hybridized carbons (Fsp3) is 0.167. The van der Waals surface area contributed by atoms with Crippen molar-refractivity contribution in [3.8, 4) is 0 Å². The summed E-state index contributed by atoms with van der Waals surface area (Å²) < 4.78 is 39.2. The average molecular weight is 273 g/mol. The molecule has 1 rings (SSSR count). The van der Waals surface area contributed by atoms with Gasteiger partial charge in [-0.1, -0.05) is 6.08 Å². The van der Waals surface area contributed by atoms with E-state index >= 15 is 0 Å². The van der Waals surface area contributed by atoms with E-state index in [1.54, 1.807) is 0 Å². The van der Waals surface area contributed by atoms with Gasteiger partial charge < -0.3 is 10.4 Å². The Kier molecular flexibility index (Phi) is 4.68. The topological polar surface area (TPSA) is 66.4 Å². The molecule has 0 aliphatic carbocycles. The van der Waals surface area contributed by atoms with Crippen molar-refractivity contribution in [1.29, 1.82) is 0 Å². The average Bonchev–Trinajstić information content (AvgIpc) is 2.26. The van der Waals surface area contributed by atoms with E-state index in [0.717, 1.165) is 0 Å². The standard InChI is InChI=1S/C12H10F3NO3/c1-2-3-9(12(18)19)16-11(17)10-7(14)4-6(13)5-8(10)15/h2,4-5,9H,1,3H2,(H,16,17)(H,18,19)/t9-/m0/s1. The van der Waals surface area contributed by atoms with Crippen molar-refractivity contribution in [2.24, 2.45) is 0 Å². The van der Waals surface area contributed by atoms with Gasteiger partial charge in [0, 0.05) is 12.1 Å². The van der Waals surface area contributed by atoms with Gasteiger partial charge in [0.1, 0.15) is 29.1 Å². The second-order valence-corrected chi connectivity index (χ2v) is 3.63. The second kappa shape index (κ2) is 6.03. The Labute approximate surface area is 106 Å². The first kappa shape index (κ1) is 14.7. The molecule has 0 aliphatic rings. The molecule has 19 heavy (non-hydrogen) atoms. The molecule has 0 spiro atoms. The molecule has 1 aromatic rings. The summed E-state index contributed by atoms with van der Waals surface area (Å²) in [7, 11) is 0. The molecular formula is C12H10F3NO3. The van der Waals surface area contributed by atoms with Crippen LogP contribution in [0.25, 0.3) is 0 Å². The van der Waals surface area contributed by atoms with E-state index in [-0.39, 0.29) is 6.42 Å². The number of carbonyl (C=O) groups excluding carboxylic acids is 1. The van der Waals surface area contributed by atoms with Crippen LogP contribution in [0.5, 0.6) is 0 Å². The zero-order valence-electron chi connectivity index (χ0n) is 9.62. The summed E-state index contributed by atoms with van der Waals surface area (Å²) in [6.07, 6.45) is 1.11. The monoisotopic (exact) mass is 273 g/mol. The van der Waals surface area contributed by atoms with Gasteiger partial charge in [-0.05, 0) is 6.42 Å². The summed E-state index contributed by atoms with van der Waals surface area (Å²) in [4.78, 5) is 22.3. The number of nitrogens with one attached hydrogen (secondary N) is 1. The first-order valence-corrected chi connectivity index (χ1v) is 5.16. The third kappa shape index (κ3) is 3.57. The highest BCUT2D eigenvalue weighted by atomic mass is 19.1. The quantitative estimate of drug-likeness (QED) is 0.805. The van der Waals surface area contributed by atoms with Gasteiger partial charge in [0.25, 0.3) is 5.91 Å². The number of hydrogen-bond acceptors (Lipinski definition) is 2. The van der Waals surface area contributed by atoms with Gasteiger partial charge >= 0.3 is 5.97 Å². The molecule has 7 heteroatoms. The van der Waals surface area contributed by atoms with Crippen molar-refractivity contribution in [1.82, 2.24) is 5.32 Å². The van der Waals surface area contributed by atoms with Crippen molar-refractivity contribution in [2.45, 2.75) is 12.5 Å². The van der Waals surface area contributed by atoms with E-state index in [2.05, 4.69) is 6.58 Å². The first-order valence-electron chi connectivity index (χ1n) is 5.16. The van der Waals surface area contributed by atoms with Crippen molar-refractivity contribution >= 4 is 11.9 Å². The van der Waals surface area contributed by atoms with Gasteiger partial charge in [0.2, 0.25) is 0 Å². The van der Waals surface area contributed by atoms with E-state index in [9.17, 15) is 22.8 Å². The third-order valence-corrected chi connectivity index (χ3v) is 2.24. The first-order chi connectivity index (χ1) is 8.86. The van der Waals surface area contributed by atoms with Crippen LogP contribution in [-0.4, -0.2) is 23.0 Å². The summed E-state index contributed by atoms with van der Waals surface area (Å²) in [5, 5.41) is 10.7. The van der Waals surface area contributed by atoms with Gasteiger partial charge in [0.15, 0.2) is 0 Å². The lowest BCUT2D eigenvalue weighted by atomic mass is 10.1. The van der Waals surface area contributed by atoms with Crippen LogP contribution in [0.1, 0.15) is 16.8 Å². The van der Waals surface area contributed by atoms with Crippen molar-refractivity contribution in [3.05, 3.63) is 47.8 Å². The van der Waals surface area contributed by atoms with Gasteiger partial charge in [-0.2, -0.15) is 0 Å². The number of halogens is 3. The molecule has 0 radical (unpaired) electrons. The molecule has 0 saturated carbocycles. The fourth-order valence-electron chi connectivity index (χ4n) is 1.38. The number of benzene rings is 1. The smallest absolute Gasteiger partial charge is 0.326 e. The predicted molar refractivity (Wildman–Crippen MR) is 60.0 cm³/mol. The van der Waals surface area contributed by atoms with Gasteiger partial charge in [0.05, 0.1) is 0 Å². The number of rotatable bonds is 5. The van der Waals surface area contributed by atoms with Crippen LogP contribution in [-0.2, 0) is 4.79 Å². The lowest BCUT2D eigenvalue weighted by Gasteiger charge is -2.13. The zero-order valence-corrected chi connectivity index (χ0v) is 9.62. The van der Waals surface area contributed by atoms with Gasteiger partial charge in [-0.15, -0.1) is 6.58 Å². The number of hydrogen-bond donors (Lipinski definition) is 2. The molecular weight excluding hydrogens is 263 g/mol. The minimum atomic E-state index is -1.40. The fourth-order valence-corrected chi connectivity index (χ4v) is 1.38. The molecule has 0 saturated heterocycles. The minimum Gasteiger partial charge on any atom is -0.480 e. The summed E-state index contributed by atoms with van der Waals surface area (Å²) in [6.45, 7) is 3.30. The molecule has 1 atom stereocenters. The van der Waals surface area contributed by atoms with Gasteiger partial charge in [-0.25, -0.2) is 18.0 Å². The van der Waals surface area contributed by atoms with Crippen molar-refractivity contribution < 1.29 is 27.9 Å². The number of carbonyl (C=O) groups is 2. The van der Waals surface area contributed by atoms with Crippen LogP contribution in [0.4, 0.5) is 13.2 Å². The number of carboxylic acids is 1.